The van der Waals surface area contributed by atoms with E-state index in [1.807, 2.05) is 19.9 Å². The molecule has 0 fully saturated rings. The minimum Gasteiger partial charge on any atom is -0.449 e. The van der Waals surface area contributed by atoms with Crippen LogP contribution in [0.1, 0.15) is 35.7 Å². The maximum atomic E-state index is 13.5. The van der Waals surface area contributed by atoms with Gasteiger partial charge in [0.1, 0.15) is 17.8 Å². The van der Waals surface area contributed by atoms with Crippen molar-refractivity contribution in [3.05, 3.63) is 53.0 Å². The second-order valence-electron chi connectivity index (χ2n) is 4.34. The average Bonchev–Trinajstić information content (AvgIpc) is 2.71. The van der Waals surface area contributed by atoms with E-state index in [9.17, 15) is 4.39 Å². The molecule has 1 aromatic heterocycles. The summed E-state index contributed by atoms with van der Waals surface area (Å²) < 4.78 is 18.7. The molecule has 2 aromatic rings. The number of nitrogens with one attached hydrogen (secondary N) is 1. The zero-order chi connectivity index (χ0) is 13.1. The van der Waals surface area contributed by atoms with Crippen molar-refractivity contribution in [2.75, 3.05) is 6.54 Å². The third-order valence-electron chi connectivity index (χ3n) is 2.74. The molecule has 0 radical (unpaired) electrons. The van der Waals surface area contributed by atoms with Crippen LogP contribution < -0.4 is 5.32 Å². The highest BCUT2D eigenvalue weighted by molar-refractivity contribution is 5.31. The summed E-state index contributed by atoms with van der Waals surface area (Å²) >= 11 is 0. The quantitative estimate of drug-likeness (QED) is 0.903. The fourth-order valence-electron chi connectivity index (χ4n) is 2.04. The summed E-state index contributed by atoms with van der Waals surface area (Å²) in [4.78, 5) is 4.31. The first kappa shape index (κ1) is 12.8. The molecular formula is C14H17FN2O. The van der Waals surface area contributed by atoms with Gasteiger partial charge >= 0.3 is 0 Å². The largest absolute Gasteiger partial charge is 0.449 e. The van der Waals surface area contributed by atoms with Gasteiger partial charge in [-0.15, -0.1) is 0 Å². The lowest BCUT2D eigenvalue weighted by Gasteiger charge is -2.16. The van der Waals surface area contributed by atoms with Crippen LogP contribution in [0, 0.1) is 19.7 Å². The van der Waals surface area contributed by atoms with Crippen LogP contribution in [0.25, 0.3) is 0 Å². The van der Waals surface area contributed by atoms with E-state index in [-0.39, 0.29) is 11.9 Å². The summed E-state index contributed by atoms with van der Waals surface area (Å²) in [5, 5.41) is 3.29. The number of nitrogens with zero attached hydrogens (tertiary/aromatic N) is 1. The summed E-state index contributed by atoms with van der Waals surface area (Å²) in [6.07, 6.45) is 1.61. The van der Waals surface area contributed by atoms with Gasteiger partial charge in [-0.2, -0.15) is 0 Å². The summed E-state index contributed by atoms with van der Waals surface area (Å²) in [7, 11) is 0. The number of aryl methyl sites for hydroxylation is 2. The maximum Gasteiger partial charge on any atom is 0.191 e. The van der Waals surface area contributed by atoms with E-state index in [1.54, 1.807) is 13.2 Å². The second-order valence-corrected chi connectivity index (χ2v) is 4.34. The lowest BCUT2D eigenvalue weighted by Crippen LogP contribution is -2.22. The fraction of sp³-hybridized carbons (Fsp3) is 0.357. The van der Waals surface area contributed by atoms with Crippen LogP contribution in [0.4, 0.5) is 4.39 Å². The van der Waals surface area contributed by atoms with Crippen molar-refractivity contribution in [2.45, 2.75) is 26.8 Å². The Labute approximate surface area is 106 Å². The van der Waals surface area contributed by atoms with Crippen LogP contribution in [0.3, 0.4) is 0 Å². The first-order valence-corrected chi connectivity index (χ1v) is 6.02. The molecule has 0 aliphatic carbocycles. The SMILES string of the molecule is CCNC(c1cc(C)cc(F)c1)c1coc(C)n1. The maximum absolute atomic E-state index is 13.5. The number of hydrogen-bond acceptors (Lipinski definition) is 3. The summed E-state index contributed by atoms with van der Waals surface area (Å²) in [6, 6.07) is 4.87. The second kappa shape index (κ2) is 5.31. The molecule has 2 rings (SSSR count). The van der Waals surface area contributed by atoms with E-state index < -0.39 is 0 Å². The number of oxazole rings is 1. The molecule has 18 heavy (non-hydrogen) atoms. The monoisotopic (exact) mass is 248 g/mol. The molecule has 0 saturated carbocycles. The van der Waals surface area contributed by atoms with E-state index >= 15 is 0 Å². The summed E-state index contributed by atoms with van der Waals surface area (Å²) in [5.74, 6) is 0.383. The van der Waals surface area contributed by atoms with E-state index in [1.165, 1.54) is 12.1 Å². The molecule has 4 heteroatoms. The highest BCUT2D eigenvalue weighted by Gasteiger charge is 2.17. The minimum absolute atomic E-state index is 0.137. The predicted molar refractivity (Wildman–Crippen MR) is 67.9 cm³/mol. The molecule has 0 spiro atoms. The van der Waals surface area contributed by atoms with Crippen LogP contribution in [-0.2, 0) is 0 Å². The standard InChI is InChI=1S/C14H17FN2O/c1-4-16-14(13-8-18-10(3)17-13)11-5-9(2)6-12(15)7-11/h5-8,14,16H,4H2,1-3H3. The van der Waals surface area contributed by atoms with Crippen molar-refractivity contribution in [1.82, 2.24) is 10.3 Å². The Balaban J connectivity index is 2.40. The van der Waals surface area contributed by atoms with E-state index in [4.69, 9.17) is 4.42 Å². The van der Waals surface area contributed by atoms with Crippen molar-refractivity contribution in [2.24, 2.45) is 0 Å². The third-order valence-corrected chi connectivity index (χ3v) is 2.74. The number of aromatic nitrogens is 1. The van der Waals surface area contributed by atoms with Crippen LogP contribution in [0.5, 0.6) is 0 Å². The Morgan fingerprint density at radius 2 is 2.11 bits per heavy atom. The molecule has 0 amide bonds. The number of benzene rings is 1. The molecule has 0 aliphatic rings. The highest BCUT2D eigenvalue weighted by Crippen LogP contribution is 2.23. The molecule has 1 heterocycles. The van der Waals surface area contributed by atoms with Crippen molar-refractivity contribution < 1.29 is 8.81 Å². The molecule has 1 aromatic carbocycles. The molecule has 3 nitrogen and oxygen atoms in total. The van der Waals surface area contributed by atoms with Crippen molar-refractivity contribution in [1.29, 1.82) is 0 Å². The minimum atomic E-state index is -0.229. The molecule has 1 N–H and O–H groups in total. The van der Waals surface area contributed by atoms with Gasteiger partial charge in [0.05, 0.1) is 6.04 Å². The van der Waals surface area contributed by atoms with Crippen LogP contribution in [-0.4, -0.2) is 11.5 Å². The van der Waals surface area contributed by atoms with Gasteiger partial charge in [0.2, 0.25) is 0 Å². The van der Waals surface area contributed by atoms with Gasteiger partial charge < -0.3 is 9.73 Å². The smallest absolute Gasteiger partial charge is 0.191 e. The topological polar surface area (TPSA) is 38.1 Å². The van der Waals surface area contributed by atoms with Crippen LogP contribution in [0.2, 0.25) is 0 Å². The molecule has 0 bridgehead atoms. The molecular weight excluding hydrogens is 231 g/mol. The van der Waals surface area contributed by atoms with Gasteiger partial charge in [-0.05, 0) is 36.7 Å². The van der Waals surface area contributed by atoms with Gasteiger partial charge in [0.15, 0.2) is 5.89 Å². The molecule has 96 valence electrons. The van der Waals surface area contributed by atoms with Crippen molar-refractivity contribution in [3.63, 3.8) is 0 Å². The molecule has 0 aliphatic heterocycles. The highest BCUT2D eigenvalue weighted by atomic mass is 19.1. The lowest BCUT2D eigenvalue weighted by atomic mass is 10.0. The van der Waals surface area contributed by atoms with Gasteiger partial charge in [0, 0.05) is 6.92 Å². The fourth-order valence-corrected chi connectivity index (χ4v) is 2.04. The third kappa shape index (κ3) is 2.76. The molecule has 0 saturated heterocycles. The Morgan fingerprint density at radius 3 is 2.67 bits per heavy atom. The predicted octanol–water partition coefficient (Wildman–Crippen LogP) is 3.13. The zero-order valence-electron chi connectivity index (χ0n) is 10.8. The number of hydrogen-bond donors (Lipinski definition) is 1. The zero-order valence-corrected chi connectivity index (χ0v) is 10.8. The summed E-state index contributed by atoms with van der Waals surface area (Å²) in [5.41, 5.74) is 2.54. The Kier molecular flexibility index (Phi) is 3.77. The molecule has 1 unspecified atom stereocenters. The van der Waals surface area contributed by atoms with E-state index in [2.05, 4.69) is 10.3 Å². The van der Waals surface area contributed by atoms with Gasteiger partial charge in [-0.1, -0.05) is 13.0 Å². The van der Waals surface area contributed by atoms with Gasteiger partial charge in [-0.3, -0.25) is 0 Å². The van der Waals surface area contributed by atoms with Crippen LogP contribution in [0.15, 0.2) is 28.9 Å². The normalized spacial score (nSPS) is 12.7. The van der Waals surface area contributed by atoms with Crippen molar-refractivity contribution in [3.8, 4) is 0 Å². The Hall–Kier alpha value is -1.68. The first-order valence-electron chi connectivity index (χ1n) is 6.02. The average molecular weight is 248 g/mol. The van der Waals surface area contributed by atoms with E-state index in [0.29, 0.717) is 5.89 Å². The van der Waals surface area contributed by atoms with Crippen molar-refractivity contribution >= 4 is 0 Å². The first-order chi connectivity index (χ1) is 8.60. The Morgan fingerprint density at radius 1 is 1.33 bits per heavy atom. The summed E-state index contributed by atoms with van der Waals surface area (Å²) in [6.45, 7) is 6.45. The number of halogens is 1. The Bertz CT molecular complexity index is 516. The van der Waals surface area contributed by atoms with E-state index in [0.717, 1.165) is 23.4 Å². The van der Waals surface area contributed by atoms with Gasteiger partial charge in [-0.25, -0.2) is 9.37 Å². The lowest BCUT2D eigenvalue weighted by molar-refractivity contribution is 0.518. The molecule has 1 atom stereocenters. The van der Waals surface area contributed by atoms with Gasteiger partial charge in [0.25, 0.3) is 0 Å². The number of rotatable bonds is 4. The van der Waals surface area contributed by atoms with Crippen LogP contribution >= 0.6 is 0 Å².